The van der Waals surface area contributed by atoms with Gasteiger partial charge in [-0.3, -0.25) is 9.38 Å². The van der Waals surface area contributed by atoms with E-state index in [2.05, 4.69) is 36.4 Å². The summed E-state index contributed by atoms with van der Waals surface area (Å²) in [5.74, 6) is 0.770. The minimum atomic E-state index is -0.285. The first-order valence-corrected chi connectivity index (χ1v) is 7.06. The zero-order valence-corrected chi connectivity index (χ0v) is 12.5. The normalized spacial score (nSPS) is 12.6. The molecule has 0 atom stereocenters. The lowest BCUT2D eigenvalue weighted by Gasteiger charge is -2.26. The Morgan fingerprint density at radius 1 is 1.17 bits per heavy atom. The molecule has 0 aromatic carbocycles. The van der Waals surface area contributed by atoms with Gasteiger partial charge < -0.3 is 10.6 Å². The largest absolute Gasteiger partial charge is 0.356 e. The van der Waals surface area contributed by atoms with Crippen LogP contribution in [0.3, 0.4) is 0 Å². The maximum atomic E-state index is 12.0. The molecule has 0 fully saturated rings. The van der Waals surface area contributed by atoms with Gasteiger partial charge in [0, 0.05) is 20.1 Å². The monoisotopic (exact) mass is 259 g/mol. The summed E-state index contributed by atoms with van der Waals surface area (Å²) in [6.45, 7) is 8.00. The Bertz CT molecular complexity index is 227. The van der Waals surface area contributed by atoms with E-state index in [0.29, 0.717) is 13.0 Å². The first-order valence-electron chi connectivity index (χ1n) is 7.06. The summed E-state index contributed by atoms with van der Waals surface area (Å²) in [7, 11) is 1.74. The van der Waals surface area contributed by atoms with Crippen LogP contribution in [0.1, 0.15) is 52.9 Å². The molecular weight excluding hydrogens is 229 g/mol. The topological polar surface area (TPSA) is 36.4 Å². The van der Waals surface area contributed by atoms with Crippen molar-refractivity contribution in [2.75, 3.05) is 26.8 Å². The van der Waals surface area contributed by atoms with Crippen molar-refractivity contribution in [3.05, 3.63) is 0 Å². The Morgan fingerprint density at radius 3 is 2.44 bits per heavy atom. The highest BCUT2D eigenvalue weighted by molar-refractivity contribution is 5.79. The molecule has 0 saturated carbocycles. The van der Waals surface area contributed by atoms with Crippen molar-refractivity contribution in [2.24, 2.45) is 10.4 Å². The van der Waals surface area contributed by atoms with Crippen molar-refractivity contribution in [3.63, 3.8) is 0 Å². The lowest BCUT2D eigenvalue weighted by Crippen LogP contribution is -2.42. The van der Waals surface area contributed by atoms with Crippen LogP contribution in [0.25, 0.3) is 0 Å². The Kier molecular flexibility index (Phi) is 9.70. The molecule has 0 heterocycles. The number of aliphatic imine (C=N–C) groups is 1. The second-order valence-corrected chi connectivity index (χ2v) is 5.52. The highest BCUT2D eigenvalue weighted by atomic mass is 19.1. The highest BCUT2D eigenvalue weighted by Gasteiger charge is 2.17. The van der Waals surface area contributed by atoms with Crippen LogP contribution in [-0.2, 0) is 0 Å². The van der Waals surface area contributed by atoms with E-state index in [1.54, 1.807) is 7.05 Å². The quantitative estimate of drug-likeness (QED) is 0.379. The average Bonchev–Trinajstić information content (AvgIpc) is 2.34. The van der Waals surface area contributed by atoms with Crippen LogP contribution in [0, 0.1) is 5.41 Å². The summed E-state index contributed by atoms with van der Waals surface area (Å²) >= 11 is 0. The van der Waals surface area contributed by atoms with Gasteiger partial charge in [-0.15, -0.1) is 0 Å². The number of alkyl halides is 1. The highest BCUT2D eigenvalue weighted by Crippen LogP contribution is 2.22. The lowest BCUT2D eigenvalue weighted by molar-refractivity contribution is 0.318. The number of unbranched alkanes of at least 4 members (excludes halogenated alkanes) is 2. The number of guanidine groups is 1. The van der Waals surface area contributed by atoms with Gasteiger partial charge in [0.15, 0.2) is 5.96 Å². The summed E-state index contributed by atoms with van der Waals surface area (Å²) < 4.78 is 12.0. The van der Waals surface area contributed by atoms with E-state index in [1.165, 1.54) is 25.7 Å². The number of nitrogens with zero attached hydrogens (tertiary/aromatic N) is 1. The van der Waals surface area contributed by atoms with Gasteiger partial charge in [0.25, 0.3) is 0 Å². The van der Waals surface area contributed by atoms with Gasteiger partial charge >= 0.3 is 0 Å². The van der Waals surface area contributed by atoms with E-state index in [0.717, 1.165) is 12.5 Å². The Labute approximate surface area is 112 Å². The molecule has 2 N–H and O–H groups in total. The van der Waals surface area contributed by atoms with E-state index in [-0.39, 0.29) is 12.1 Å². The number of halogens is 1. The number of hydrogen-bond donors (Lipinski definition) is 2. The third-order valence-corrected chi connectivity index (χ3v) is 3.02. The fraction of sp³-hybridized carbons (Fsp3) is 0.929. The predicted molar refractivity (Wildman–Crippen MR) is 77.9 cm³/mol. The molecule has 0 amide bonds. The van der Waals surface area contributed by atoms with Crippen LogP contribution < -0.4 is 10.6 Å². The second kappa shape index (κ2) is 10.2. The Morgan fingerprint density at radius 2 is 1.89 bits per heavy atom. The maximum absolute atomic E-state index is 12.0. The van der Waals surface area contributed by atoms with Crippen molar-refractivity contribution < 1.29 is 4.39 Å². The molecule has 3 nitrogen and oxygen atoms in total. The minimum absolute atomic E-state index is 0.271. The Balaban J connectivity index is 3.87. The Hall–Kier alpha value is -0.800. The maximum Gasteiger partial charge on any atom is 0.190 e. The van der Waals surface area contributed by atoms with Crippen LogP contribution in [0.4, 0.5) is 4.39 Å². The van der Waals surface area contributed by atoms with Gasteiger partial charge in [0.1, 0.15) is 0 Å². The summed E-state index contributed by atoms with van der Waals surface area (Å²) in [5.41, 5.74) is 0.271. The van der Waals surface area contributed by atoms with Crippen molar-refractivity contribution in [1.29, 1.82) is 0 Å². The molecule has 0 rings (SSSR count). The van der Waals surface area contributed by atoms with Gasteiger partial charge in [0.05, 0.1) is 6.67 Å². The minimum Gasteiger partial charge on any atom is -0.356 e. The van der Waals surface area contributed by atoms with Gasteiger partial charge in [-0.25, -0.2) is 0 Å². The van der Waals surface area contributed by atoms with Crippen LogP contribution in [0.5, 0.6) is 0 Å². The van der Waals surface area contributed by atoms with Crippen LogP contribution in [0.2, 0.25) is 0 Å². The van der Waals surface area contributed by atoms with E-state index in [9.17, 15) is 4.39 Å². The molecular formula is C14H30FN3. The van der Waals surface area contributed by atoms with E-state index < -0.39 is 0 Å². The van der Waals surface area contributed by atoms with E-state index in [1.807, 2.05) is 0 Å². The van der Waals surface area contributed by atoms with Crippen molar-refractivity contribution >= 4 is 5.96 Å². The van der Waals surface area contributed by atoms with Gasteiger partial charge in [-0.05, 0) is 18.3 Å². The fourth-order valence-corrected chi connectivity index (χ4v) is 1.76. The summed E-state index contributed by atoms with van der Waals surface area (Å²) in [6, 6.07) is 0. The molecule has 0 aromatic rings. The third kappa shape index (κ3) is 9.25. The number of hydrogen-bond acceptors (Lipinski definition) is 1. The van der Waals surface area contributed by atoms with Gasteiger partial charge in [-0.2, -0.15) is 0 Å². The van der Waals surface area contributed by atoms with Crippen molar-refractivity contribution in [3.8, 4) is 0 Å². The van der Waals surface area contributed by atoms with Crippen LogP contribution in [0.15, 0.2) is 4.99 Å². The average molecular weight is 259 g/mol. The first kappa shape index (κ1) is 17.2. The predicted octanol–water partition coefficient (Wildman–Crippen LogP) is 3.12. The molecule has 0 aliphatic rings. The zero-order valence-electron chi connectivity index (χ0n) is 12.5. The SMILES string of the molecule is CCCCCC(C)(C)CNC(=NC)NCCCF. The second-order valence-electron chi connectivity index (χ2n) is 5.52. The molecule has 0 unspecified atom stereocenters. The molecule has 0 aliphatic heterocycles. The molecule has 0 bridgehead atoms. The molecule has 0 spiro atoms. The standard InChI is InChI=1S/C14H30FN3/c1-5-6-7-9-14(2,3)12-18-13(16-4)17-11-8-10-15/h5-12H2,1-4H3,(H2,16,17,18). The van der Waals surface area contributed by atoms with E-state index >= 15 is 0 Å². The molecule has 108 valence electrons. The fourth-order valence-electron chi connectivity index (χ4n) is 1.76. The molecule has 0 saturated heterocycles. The van der Waals surface area contributed by atoms with Crippen LogP contribution >= 0.6 is 0 Å². The third-order valence-electron chi connectivity index (χ3n) is 3.02. The van der Waals surface area contributed by atoms with Crippen molar-refractivity contribution in [2.45, 2.75) is 52.9 Å². The number of rotatable bonds is 9. The first-order chi connectivity index (χ1) is 8.55. The van der Waals surface area contributed by atoms with Crippen molar-refractivity contribution in [1.82, 2.24) is 10.6 Å². The van der Waals surface area contributed by atoms with Gasteiger partial charge in [0.2, 0.25) is 0 Å². The molecule has 4 heteroatoms. The molecule has 0 aliphatic carbocycles. The molecule has 0 aromatic heterocycles. The van der Waals surface area contributed by atoms with Crippen LogP contribution in [-0.4, -0.2) is 32.8 Å². The lowest BCUT2D eigenvalue weighted by atomic mass is 9.87. The number of nitrogens with one attached hydrogen (secondary N) is 2. The zero-order chi connectivity index (χ0) is 13.9. The summed E-state index contributed by atoms with van der Waals surface area (Å²) in [4.78, 5) is 4.13. The smallest absolute Gasteiger partial charge is 0.190 e. The van der Waals surface area contributed by atoms with E-state index in [4.69, 9.17) is 0 Å². The summed E-state index contributed by atoms with van der Waals surface area (Å²) in [5, 5.41) is 6.42. The van der Waals surface area contributed by atoms with Gasteiger partial charge in [-0.1, -0.05) is 40.0 Å². The summed E-state index contributed by atoms with van der Waals surface area (Å²) in [6.07, 6.45) is 5.58. The molecule has 18 heavy (non-hydrogen) atoms. The molecule has 0 radical (unpaired) electrons.